The maximum Gasteiger partial charge on any atom is 0.274 e. The van der Waals surface area contributed by atoms with Crippen LogP contribution in [0.15, 0.2) is 70.3 Å². The molecule has 0 aliphatic carbocycles. The molecule has 0 saturated carbocycles. The predicted octanol–water partition coefficient (Wildman–Crippen LogP) is 3.44. The van der Waals surface area contributed by atoms with Crippen LogP contribution in [0.3, 0.4) is 0 Å². The van der Waals surface area contributed by atoms with Gasteiger partial charge in [-0.1, -0.05) is 18.2 Å². The summed E-state index contributed by atoms with van der Waals surface area (Å²) in [5.74, 6) is -0.296. The zero-order valence-corrected chi connectivity index (χ0v) is 19.7. The summed E-state index contributed by atoms with van der Waals surface area (Å²) in [5.41, 5.74) is 0.882. The summed E-state index contributed by atoms with van der Waals surface area (Å²) < 4.78 is 47.1. The number of carbonyl (C=O) groups is 1. The molecule has 1 amide bonds. The van der Waals surface area contributed by atoms with Crippen LogP contribution < -0.4 is 13.9 Å². The molecule has 1 fully saturated rings. The molecular formula is C23H24FN3O4S2. The van der Waals surface area contributed by atoms with Crippen LogP contribution in [-0.4, -0.2) is 59.1 Å². The first-order valence-electron chi connectivity index (χ1n) is 10.4. The fourth-order valence-electron chi connectivity index (χ4n) is 3.70. The molecule has 0 N–H and O–H groups in total. The third-order valence-corrected chi connectivity index (χ3v) is 8.64. The Morgan fingerprint density at radius 2 is 1.73 bits per heavy atom. The lowest BCUT2D eigenvalue weighted by Gasteiger charge is -2.37. The zero-order chi connectivity index (χ0) is 23.4. The number of sulfonamides is 1. The van der Waals surface area contributed by atoms with E-state index in [2.05, 4.69) is 4.90 Å². The van der Waals surface area contributed by atoms with Gasteiger partial charge in [0.2, 0.25) is 5.91 Å². The molecule has 0 bridgehead atoms. The molecule has 1 aliphatic heterocycles. The number of benzene rings is 2. The summed E-state index contributed by atoms with van der Waals surface area (Å²) in [6.45, 7) is 1.62. The van der Waals surface area contributed by atoms with Gasteiger partial charge in [0.25, 0.3) is 10.0 Å². The van der Waals surface area contributed by atoms with E-state index in [1.807, 2.05) is 24.3 Å². The predicted molar refractivity (Wildman–Crippen MR) is 127 cm³/mol. The summed E-state index contributed by atoms with van der Waals surface area (Å²) in [5, 5.41) is 1.63. The van der Waals surface area contributed by atoms with Gasteiger partial charge >= 0.3 is 0 Å². The molecule has 0 atom stereocenters. The lowest BCUT2D eigenvalue weighted by Crippen LogP contribution is -2.52. The quantitative estimate of drug-likeness (QED) is 0.509. The van der Waals surface area contributed by atoms with Gasteiger partial charge in [-0.3, -0.25) is 9.10 Å². The number of ether oxygens (including phenoxy) is 1. The minimum atomic E-state index is -4.09. The molecule has 7 nitrogen and oxygen atoms in total. The molecule has 2 heterocycles. The number of hydrogen-bond acceptors (Lipinski definition) is 6. The third kappa shape index (κ3) is 4.96. The summed E-state index contributed by atoms with van der Waals surface area (Å²) in [6.07, 6.45) is 0. The van der Waals surface area contributed by atoms with E-state index < -0.39 is 22.4 Å². The van der Waals surface area contributed by atoms with E-state index in [9.17, 15) is 17.6 Å². The highest BCUT2D eigenvalue weighted by atomic mass is 32.2. The highest BCUT2D eigenvalue weighted by Crippen LogP contribution is 2.29. The van der Waals surface area contributed by atoms with Crippen molar-refractivity contribution in [2.45, 2.75) is 4.21 Å². The first-order valence-corrected chi connectivity index (χ1v) is 12.7. The summed E-state index contributed by atoms with van der Waals surface area (Å²) >= 11 is 1.03. The van der Waals surface area contributed by atoms with Gasteiger partial charge in [-0.15, -0.1) is 11.3 Å². The number of para-hydroxylation sites is 1. The van der Waals surface area contributed by atoms with Gasteiger partial charge < -0.3 is 14.5 Å². The number of methoxy groups -OCH3 is 1. The van der Waals surface area contributed by atoms with Gasteiger partial charge in [0.15, 0.2) is 0 Å². The Morgan fingerprint density at radius 1 is 1.03 bits per heavy atom. The van der Waals surface area contributed by atoms with Crippen LogP contribution in [0.4, 0.5) is 15.8 Å². The van der Waals surface area contributed by atoms with Gasteiger partial charge in [0, 0.05) is 31.9 Å². The van der Waals surface area contributed by atoms with E-state index in [0.717, 1.165) is 27.1 Å². The van der Waals surface area contributed by atoms with Crippen LogP contribution in [-0.2, 0) is 14.8 Å². The molecule has 0 unspecified atom stereocenters. The fraction of sp³-hybridized carbons (Fsp3) is 0.261. The molecule has 3 aromatic rings. The van der Waals surface area contributed by atoms with Gasteiger partial charge in [0.05, 0.1) is 12.8 Å². The van der Waals surface area contributed by atoms with Crippen LogP contribution in [0.5, 0.6) is 5.75 Å². The first-order chi connectivity index (χ1) is 15.9. The Morgan fingerprint density at radius 3 is 2.33 bits per heavy atom. The summed E-state index contributed by atoms with van der Waals surface area (Å²) in [7, 11) is -2.47. The number of hydrogen-bond donors (Lipinski definition) is 0. The van der Waals surface area contributed by atoms with Crippen molar-refractivity contribution in [3.8, 4) is 5.75 Å². The van der Waals surface area contributed by atoms with Crippen LogP contribution >= 0.6 is 11.3 Å². The largest absolute Gasteiger partial charge is 0.497 e. The highest BCUT2D eigenvalue weighted by Gasteiger charge is 2.32. The second kappa shape index (κ2) is 9.80. The van der Waals surface area contributed by atoms with Crippen molar-refractivity contribution in [2.24, 2.45) is 0 Å². The molecule has 1 aliphatic rings. The monoisotopic (exact) mass is 489 g/mol. The Labute approximate surface area is 196 Å². The van der Waals surface area contributed by atoms with Crippen molar-refractivity contribution < 1.29 is 22.3 Å². The number of nitrogens with zero attached hydrogens (tertiary/aromatic N) is 3. The van der Waals surface area contributed by atoms with Crippen molar-refractivity contribution in [3.63, 3.8) is 0 Å². The number of halogens is 1. The molecule has 174 valence electrons. The smallest absolute Gasteiger partial charge is 0.274 e. The van der Waals surface area contributed by atoms with E-state index in [1.165, 1.54) is 24.3 Å². The molecule has 0 radical (unpaired) electrons. The minimum absolute atomic E-state index is 0.0582. The number of thiophene rings is 1. The number of carbonyl (C=O) groups excluding carboxylic acids is 1. The molecule has 1 saturated heterocycles. The average Bonchev–Trinajstić information content (AvgIpc) is 3.39. The Balaban J connectivity index is 1.49. The maximum absolute atomic E-state index is 14.6. The molecule has 2 aromatic carbocycles. The number of rotatable bonds is 7. The second-order valence-corrected chi connectivity index (χ2v) is 10.5. The normalized spacial score (nSPS) is 14.2. The van der Waals surface area contributed by atoms with Crippen molar-refractivity contribution in [1.29, 1.82) is 0 Å². The second-order valence-electron chi connectivity index (χ2n) is 7.46. The molecule has 0 spiro atoms. The van der Waals surface area contributed by atoms with Crippen molar-refractivity contribution in [3.05, 3.63) is 71.9 Å². The van der Waals surface area contributed by atoms with Crippen LogP contribution in [0.2, 0.25) is 0 Å². The molecule has 10 heteroatoms. The summed E-state index contributed by atoms with van der Waals surface area (Å²) in [4.78, 5) is 16.9. The lowest BCUT2D eigenvalue weighted by molar-refractivity contribution is -0.129. The van der Waals surface area contributed by atoms with Gasteiger partial charge in [-0.05, 0) is 47.8 Å². The average molecular weight is 490 g/mol. The highest BCUT2D eigenvalue weighted by molar-refractivity contribution is 7.94. The number of amides is 1. The SMILES string of the molecule is COc1ccc(N2CCN(C(=O)CN(c3ccccc3F)S(=O)(=O)c3cccs3)CC2)cc1. The van der Waals surface area contributed by atoms with Crippen LogP contribution in [0, 0.1) is 5.82 Å². The Kier molecular flexibility index (Phi) is 6.85. The van der Waals surface area contributed by atoms with E-state index in [4.69, 9.17) is 4.74 Å². The van der Waals surface area contributed by atoms with Crippen molar-refractivity contribution in [2.75, 3.05) is 49.0 Å². The number of anilines is 2. The van der Waals surface area contributed by atoms with Crippen LogP contribution in [0.25, 0.3) is 0 Å². The van der Waals surface area contributed by atoms with Crippen LogP contribution in [0.1, 0.15) is 0 Å². The lowest BCUT2D eigenvalue weighted by atomic mass is 10.2. The number of piperazine rings is 1. The Hall–Kier alpha value is -3.11. The van der Waals surface area contributed by atoms with Gasteiger partial charge in [-0.25, -0.2) is 12.8 Å². The Bertz CT molecular complexity index is 1190. The van der Waals surface area contributed by atoms with E-state index >= 15 is 0 Å². The standard InChI is InChI=1S/C23H24FN3O4S2/c1-31-19-10-8-18(9-11-19)25-12-14-26(15-13-25)22(28)17-27(21-6-3-2-5-20(21)24)33(29,30)23-7-4-16-32-23/h2-11,16H,12-15,17H2,1H3. The molecule has 4 rings (SSSR count). The van der Waals surface area contributed by atoms with E-state index in [-0.39, 0.29) is 15.8 Å². The van der Waals surface area contributed by atoms with E-state index in [1.54, 1.807) is 29.5 Å². The maximum atomic E-state index is 14.6. The molecular weight excluding hydrogens is 465 g/mol. The van der Waals surface area contributed by atoms with Crippen molar-refractivity contribution in [1.82, 2.24) is 4.90 Å². The third-order valence-electron chi connectivity index (χ3n) is 5.51. The fourth-order valence-corrected chi connectivity index (χ4v) is 6.23. The summed E-state index contributed by atoms with van der Waals surface area (Å²) in [6, 6.07) is 16.3. The zero-order valence-electron chi connectivity index (χ0n) is 18.1. The van der Waals surface area contributed by atoms with Crippen molar-refractivity contribution >= 4 is 38.6 Å². The first kappa shape index (κ1) is 23.1. The molecule has 1 aromatic heterocycles. The minimum Gasteiger partial charge on any atom is -0.497 e. The topological polar surface area (TPSA) is 70.2 Å². The van der Waals surface area contributed by atoms with Gasteiger partial charge in [-0.2, -0.15) is 0 Å². The van der Waals surface area contributed by atoms with E-state index in [0.29, 0.717) is 26.2 Å². The molecule has 33 heavy (non-hydrogen) atoms. The van der Waals surface area contributed by atoms with Gasteiger partial charge in [0.1, 0.15) is 22.3 Å².